The maximum atomic E-state index is 12.2. The molecule has 1 unspecified atom stereocenters. The standard InChI is InChI=1S/C21H37N5O2/c1-14(2)16-7-5-15(6-8-16)13-23-19(22-4)26-11-9-17(10-12-26)21(3)18(27)24-20(28)25-21/h14-17H,5-13H2,1-4H3,(H,22,23)(H2,24,25,27,28). The first-order chi connectivity index (χ1) is 13.3. The molecule has 3 fully saturated rings. The van der Waals surface area contributed by atoms with Crippen LogP contribution in [0.1, 0.15) is 59.3 Å². The van der Waals surface area contributed by atoms with Gasteiger partial charge in [0.05, 0.1) is 0 Å². The van der Waals surface area contributed by atoms with Gasteiger partial charge in [0, 0.05) is 26.7 Å². The molecular formula is C21H37N5O2. The quantitative estimate of drug-likeness (QED) is 0.390. The van der Waals surface area contributed by atoms with Gasteiger partial charge in [-0.3, -0.25) is 15.1 Å². The molecule has 0 aromatic carbocycles. The third kappa shape index (κ3) is 4.44. The SMILES string of the molecule is CN=C(NCC1CCC(C(C)C)CC1)N1CCC(C2(C)NC(=O)NC2=O)CC1. The van der Waals surface area contributed by atoms with Gasteiger partial charge in [0.25, 0.3) is 5.91 Å². The van der Waals surface area contributed by atoms with Crippen LogP contribution in [0.5, 0.6) is 0 Å². The van der Waals surface area contributed by atoms with Crippen molar-refractivity contribution in [2.45, 2.75) is 64.8 Å². The zero-order valence-corrected chi connectivity index (χ0v) is 17.9. The third-order valence-corrected chi connectivity index (χ3v) is 7.28. The summed E-state index contributed by atoms with van der Waals surface area (Å²) in [7, 11) is 1.84. The van der Waals surface area contributed by atoms with E-state index in [2.05, 4.69) is 39.7 Å². The number of nitrogens with one attached hydrogen (secondary N) is 3. The molecular weight excluding hydrogens is 354 g/mol. The molecule has 2 heterocycles. The molecule has 3 rings (SSSR count). The number of hydrogen-bond acceptors (Lipinski definition) is 3. The van der Waals surface area contributed by atoms with Gasteiger partial charge < -0.3 is 15.5 Å². The summed E-state index contributed by atoms with van der Waals surface area (Å²) in [5.41, 5.74) is -0.783. The number of hydrogen-bond donors (Lipinski definition) is 3. The molecule has 0 radical (unpaired) electrons. The Bertz CT molecular complexity index is 604. The number of nitrogens with zero attached hydrogens (tertiary/aromatic N) is 2. The second kappa shape index (κ2) is 8.70. The Kier molecular flexibility index (Phi) is 6.50. The lowest BCUT2D eigenvalue weighted by Crippen LogP contribution is -2.55. The van der Waals surface area contributed by atoms with Crippen molar-refractivity contribution >= 4 is 17.9 Å². The summed E-state index contributed by atoms with van der Waals surface area (Å²) < 4.78 is 0. The van der Waals surface area contributed by atoms with Crippen LogP contribution in [0.25, 0.3) is 0 Å². The Balaban J connectivity index is 1.45. The van der Waals surface area contributed by atoms with Gasteiger partial charge in [-0.1, -0.05) is 13.8 Å². The molecule has 0 aromatic rings. The molecule has 0 spiro atoms. The highest BCUT2D eigenvalue weighted by Gasteiger charge is 2.48. The number of guanidine groups is 1. The molecule has 3 N–H and O–H groups in total. The summed E-state index contributed by atoms with van der Waals surface area (Å²) in [5, 5.41) is 8.79. The van der Waals surface area contributed by atoms with Gasteiger partial charge in [-0.25, -0.2) is 4.79 Å². The van der Waals surface area contributed by atoms with Crippen LogP contribution >= 0.6 is 0 Å². The highest BCUT2D eigenvalue weighted by Crippen LogP contribution is 2.33. The monoisotopic (exact) mass is 391 g/mol. The van der Waals surface area contributed by atoms with E-state index in [1.165, 1.54) is 25.7 Å². The van der Waals surface area contributed by atoms with E-state index in [-0.39, 0.29) is 17.9 Å². The Morgan fingerprint density at radius 2 is 1.82 bits per heavy atom. The van der Waals surface area contributed by atoms with Crippen molar-refractivity contribution in [2.75, 3.05) is 26.7 Å². The first kappa shape index (κ1) is 20.9. The minimum atomic E-state index is -0.783. The summed E-state index contributed by atoms with van der Waals surface area (Å²) in [6.45, 7) is 9.22. The number of amides is 3. The average molecular weight is 392 g/mol. The van der Waals surface area contributed by atoms with Crippen LogP contribution in [0, 0.1) is 23.7 Å². The van der Waals surface area contributed by atoms with Crippen LogP contribution in [0.3, 0.4) is 0 Å². The van der Waals surface area contributed by atoms with E-state index in [0.29, 0.717) is 0 Å². The Hall–Kier alpha value is -1.79. The van der Waals surface area contributed by atoms with E-state index >= 15 is 0 Å². The molecule has 7 nitrogen and oxygen atoms in total. The van der Waals surface area contributed by atoms with Crippen molar-refractivity contribution in [3.8, 4) is 0 Å². The highest BCUT2D eigenvalue weighted by atomic mass is 16.2. The number of carbonyl (C=O) groups excluding carboxylic acids is 2. The summed E-state index contributed by atoms with van der Waals surface area (Å²) in [6.07, 6.45) is 7.04. The minimum absolute atomic E-state index is 0.152. The number of carbonyl (C=O) groups is 2. The van der Waals surface area contributed by atoms with Gasteiger partial charge in [-0.05, 0) is 69.1 Å². The van der Waals surface area contributed by atoms with Crippen molar-refractivity contribution in [1.29, 1.82) is 0 Å². The Labute approximate surface area is 169 Å². The molecule has 7 heteroatoms. The number of rotatable bonds is 4. The predicted molar refractivity (Wildman–Crippen MR) is 111 cm³/mol. The Morgan fingerprint density at radius 1 is 1.18 bits per heavy atom. The first-order valence-corrected chi connectivity index (χ1v) is 10.9. The molecule has 3 aliphatic rings. The molecule has 2 aliphatic heterocycles. The number of likely N-dealkylation sites (tertiary alicyclic amines) is 1. The fourth-order valence-electron chi connectivity index (χ4n) is 5.14. The molecule has 1 atom stereocenters. The lowest BCUT2D eigenvalue weighted by Gasteiger charge is -2.40. The lowest BCUT2D eigenvalue weighted by molar-refractivity contribution is -0.125. The summed E-state index contributed by atoms with van der Waals surface area (Å²) >= 11 is 0. The number of aliphatic imine (C=N–C) groups is 1. The minimum Gasteiger partial charge on any atom is -0.356 e. The predicted octanol–water partition coefficient (Wildman–Crippen LogP) is 2.33. The average Bonchev–Trinajstić information content (AvgIpc) is 2.95. The molecule has 0 bridgehead atoms. The Morgan fingerprint density at radius 3 is 2.32 bits per heavy atom. The summed E-state index contributed by atoms with van der Waals surface area (Å²) in [6, 6.07) is -0.375. The number of urea groups is 1. The van der Waals surface area contributed by atoms with E-state index in [1.54, 1.807) is 0 Å². The first-order valence-electron chi connectivity index (χ1n) is 10.9. The lowest BCUT2D eigenvalue weighted by atomic mass is 9.77. The van der Waals surface area contributed by atoms with Gasteiger partial charge >= 0.3 is 6.03 Å². The van der Waals surface area contributed by atoms with Crippen LogP contribution in [-0.4, -0.2) is 55.0 Å². The fourth-order valence-corrected chi connectivity index (χ4v) is 5.14. The summed E-state index contributed by atoms with van der Waals surface area (Å²) in [4.78, 5) is 30.5. The van der Waals surface area contributed by atoms with E-state index in [9.17, 15) is 9.59 Å². The highest BCUT2D eigenvalue weighted by molar-refractivity contribution is 6.07. The fraction of sp³-hybridized carbons (Fsp3) is 0.857. The molecule has 1 aliphatic carbocycles. The molecule has 158 valence electrons. The zero-order chi connectivity index (χ0) is 20.3. The van der Waals surface area contributed by atoms with Gasteiger partial charge in [-0.2, -0.15) is 0 Å². The van der Waals surface area contributed by atoms with Crippen molar-refractivity contribution in [3.63, 3.8) is 0 Å². The van der Waals surface area contributed by atoms with Crippen molar-refractivity contribution in [2.24, 2.45) is 28.7 Å². The van der Waals surface area contributed by atoms with Crippen molar-refractivity contribution in [1.82, 2.24) is 20.9 Å². The molecule has 28 heavy (non-hydrogen) atoms. The van der Waals surface area contributed by atoms with Crippen LogP contribution in [0.4, 0.5) is 4.79 Å². The van der Waals surface area contributed by atoms with E-state index in [1.807, 2.05) is 14.0 Å². The van der Waals surface area contributed by atoms with E-state index in [0.717, 1.165) is 56.2 Å². The molecule has 3 amide bonds. The molecule has 1 saturated carbocycles. The second-order valence-corrected chi connectivity index (χ2v) is 9.32. The number of imide groups is 1. The van der Waals surface area contributed by atoms with Crippen molar-refractivity contribution in [3.05, 3.63) is 0 Å². The van der Waals surface area contributed by atoms with Crippen LogP contribution < -0.4 is 16.0 Å². The zero-order valence-electron chi connectivity index (χ0n) is 17.9. The molecule has 0 aromatic heterocycles. The largest absolute Gasteiger partial charge is 0.356 e. The van der Waals surface area contributed by atoms with Crippen molar-refractivity contribution < 1.29 is 9.59 Å². The van der Waals surface area contributed by atoms with Crippen LogP contribution in [0.15, 0.2) is 4.99 Å². The number of piperidine rings is 1. The van der Waals surface area contributed by atoms with Crippen LogP contribution in [0.2, 0.25) is 0 Å². The molecule has 2 saturated heterocycles. The van der Waals surface area contributed by atoms with E-state index in [4.69, 9.17) is 0 Å². The van der Waals surface area contributed by atoms with Crippen LogP contribution in [-0.2, 0) is 4.79 Å². The maximum Gasteiger partial charge on any atom is 0.322 e. The van der Waals surface area contributed by atoms with Gasteiger partial charge in [0.1, 0.15) is 5.54 Å². The third-order valence-electron chi connectivity index (χ3n) is 7.28. The second-order valence-electron chi connectivity index (χ2n) is 9.32. The summed E-state index contributed by atoms with van der Waals surface area (Å²) in [5.74, 6) is 3.35. The van der Waals surface area contributed by atoms with Gasteiger partial charge in [0.15, 0.2) is 5.96 Å². The maximum absolute atomic E-state index is 12.2. The van der Waals surface area contributed by atoms with Gasteiger partial charge in [0.2, 0.25) is 0 Å². The smallest absolute Gasteiger partial charge is 0.322 e. The normalized spacial score (nSPS) is 32.5. The topological polar surface area (TPSA) is 85.8 Å². The van der Waals surface area contributed by atoms with E-state index < -0.39 is 5.54 Å². The van der Waals surface area contributed by atoms with Gasteiger partial charge in [-0.15, -0.1) is 0 Å².